The first kappa shape index (κ1) is 18.9. The highest BCUT2D eigenvalue weighted by Gasteiger charge is 2.29. The molecule has 26 heavy (non-hydrogen) atoms. The highest BCUT2D eigenvalue weighted by molar-refractivity contribution is 7.89. The standard InChI is InChI=1S/C21H27NO3S/c1-18-8-5-6-12-21(18)25-17-20-11-7-14-22(16-20)26(23,24)15-13-19-9-3-2-4-10-19/h2-6,8-10,12,20H,7,11,13-17H2,1H3. The summed E-state index contributed by atoms with van der Waals surface area (Å²) in [7, 11) is -3.23. The molecule has 5 heteroatoms. The van der Waals surface area contributed by atoms with Crippen molar-refractivity contribution in [3.63, 3.8) is 0 Å². The van der Waals surface area contributed by atoms with Crippen LogP contribution in [0.1, 0.15) is 24.0 Å². The van der Waals surface area contributed by atoms with Gasteiger partial charge in [-0.25, -0.2) is 12.7 Å². The lowest BCUT2D eigenvalue weighted by atomic mass is 10.0. The number of para-hydroxylation sites is 1. The molecule has 0 aromatic heterocycles. The summed E-state index contributed by atoms with van der Waals surface area (Å²) in [6.45, 7) is 3.77. The zero-order valence-corrected chi connectivity index (χ0v) is 16.1. The Morgan fingerprint density at radius 2 is 1.81 bits per heavy atom. The lowest BCUT2D eigenvalue weighted by Crippen LogP contribution is -2.42. The highest BCUT2D eigenvalue weighted by atomic mass is 32.2. The topological polar surface area (TPSA) is 46.6 Å². The van der Waals surface area contributed by atoms with Crippen LogP contribution in [0.4, 0.5) is 0 Å². The Kier molecular flexibility index (Phi) is 6.33. The molecule has 1 saturated heterocycles. The molecule has 1 aliphatic heterocycles. The first-order chi connectivity index (χ1) is 12.5. The molecule has 2 aromatic carbocycles. The van der Waals surface area contributed by atoms with Gasteiger partial charge in [0, 0.05) is 19.0 Å². The van der Waals surface area contributed by atoms with Gasteiger partial charge in [-0.2, -0.15) is 0 Å². The third-order valence-corrected chi connectivity index (χ3v) is 6.77. The summed E-state index contributed by atoms with van der Waals surface area (Å²) in [6.07, 6.45) is 2.47. The Morgan fingerprint density at radius 1 is 1.08 bits per heavy atom. The SMILES string of the molecule is Cc1ccccc1OCC1CCCN(S(=O)(=O)CCc2ccccc2)C1. The molecule has 1 atom stereocenters. The van der Waals surface area contributed by atoms with E-state index in [9.17, 15) is 8.42 Å². The van der Waals surface area contributed by atoms with Crippen LogP contribution in [-0.2, 0) is 16.4 Å². The Hall–Kier alpha value is -1.85. The van der Waals surface area contributed by atoms with E-state index in [4.69, 9.17) is 4.74 Å². The van der Waals surface area contributed by atoms with Crippen LogP contribution in [0.25, 0.3) is 0 Å². The zero-order chi connectivity index (χ0) is 18.4. The van der Waals surface area contributed by atoms with Crippen molar-refractivity contribution in [2.24, 2.45) is 5.92 Å². The molecule has 0 bridgehead atoms. The predicted octanol–water partition coefficient (Wildman–Crippen LogP) is 3.66. The van der Waals surface area contributed by atoms with Crippen LogP contribution in [0.5, 0.6) is 5.75 Å². The molecular weight excluding hydrogens is 346 g/mol. The number of piperidine rings is 1. The van der Waals surface area contributed by atoms with E-state index < -0.39 is 10.0 Å². The fourth-order valence-corrected chi connectivity index (χ4v) is 4.96. The van der Waals surface area contributed by atoms with Gasteiger partial charge < -0.3 is 4.74 Å². The van der Waals surface area contributed by atoms with E-state index in [-0.39, 0.29) is 11.7 Å². The molecule has 140 valence electrons. The molecule has 4 nitrogen and oxygen atoms in total. The minimum atomic E-state index is -3.23. The zero-order valence-electron chi connectivity index (χ0n) is 15.3. The van der Waals surface area contributed by atoms with Crippen LogP contribution in [0.2, 0.25) is 0 Å². The second kappa shape index (κ2) is 8.69. The molecule has 1 unspecified atom stereocenters. The number of hydrogen-bond acceptors (Lipinski definition) is 3. The maximum absolute atomic E-state index is 12.7. The fraction of sp³-hybridized carbons (Fsp3) is 0.429. The number of benzene rings is 2. The molecule has 1 heterocycles. The summed E-state index contributed by atoms with van der Waals surface area (Å²) in [5.74, 6) is 1.30. The summed E-state index contributed by atoms with van der Waals surface area (Å²) in [6, 6.07) is 17.7. The van der Waals surface area contributed by atoms with E-state index in [1.807, 2.05) is 61.5 Å². The van der Waals surface area contributed by atoms with Gasteiger partial charge in [-0.3, -0.25) is 0 Å². The van der Waals surface area contributed by atoms with Crippen LogP contribution < -0.4 is 4.74 Å². The first-order valence-electron chi connectivity index (χ1n) is 9.25. The van der Waals surface area contributed by atoms with Crippen molar-refractivity contribution in [1.29, 1.82) is 0 Å². The van der Waals surface area contributed by atoms with Gasteiger partial charge in [0.15, 0.2) is 0 Å². The van der Waals surface area contributed by atoms with Crippen molar-refractivity contribution in [2.45, 2.75) is 26.2 Å². The quantitative estimate of drug-likeness (QED) is 0.744. The Balaban J connectivity index is 1.54. The smallest absolute Gasteiger partial charge is 0.214 e. The van der Waals surface area contributed by atoms with Crippen molar-refractivity contribution in [2.75, 3.05) is 25.4 Å². The first-order valence-corrected chi connectivity index (χ1v) is 10.9. The van der Waals surface area contributed by atoms with Crippen LogP contribution in [0.3, 0.4) is 0 Å². The summed E-state index contributed by atoms with van der Waals surface area (Å²) < 4.78 is 33.0. The molecule has 1 fully saturated rings. The number of ether oxygens (including phenoxy) is 1. The number of sulfonamides is 1. The van der Waals surface area contributed by atoms with E-state index in [1.54, 1.807) is 4.31 Å². The second-order valence-corrected chi connectivity index (χ2v) is 9.08. The van der Waals surface area contributed by atoms with E-state index in [0.29, 0.717) is 26.1 Å². The molecular formula is C21H27NO3S. The second-order valence-electron chi connectivity index (χ2n) is 6.99. The minimum absolute atomic E-state index is 0.169. The largest absolute Gasteiger partial charge is 0.493 e. The van der Waals surface area contributed by atoms with Gasteiger partial charge in [0.1, 0.15) is 5.75 Å². The predicted molar refractivity (Wildman–Crippen MR) is 105 cm³/mol. The molecule has 2 aromatic rings. The van der Waals surface area contributed by atoms with Gasteiger partial charge in [0.25, 0.3) is 0 Å². The molecule has 0 spiro atoms. The average molecular weight is 374 g/mol. The monoisotopic (exact) mass is 373 g/mol. The van der Waals surface area contributed by atoms with E-state index >= 15 is 0 Å². The molecule has 0 aliphatic carbocycles. The Labute approximate surface area is 156 Å². The van der Waals surface area contributed by atoms with Crippen molar-refractivity contribution in [1.82, 2.24) is 4.31 Å². The summed E-state index contributed by atoms with van der Waals surface area (Å²) >= 11 is 0. The summed E-state index contributed by atoms with van der Waals surface area (Å²) in [4.78, 5) is 0. The average Bonchev–Trinajstić information content (AvgIpc) is 2.67. The number of rotatable bonds is 7. The normalized spacial score (nSPS) is 18.6. The van der Waals surface area contributed by atoms with Crippen molar-refractivity contribution >= 4 is 10.0 Å². The minimum Gasteiger partial charge on any atom is -0.493 e. The van der Waals surface area contributed by atoms with E-state index in [2.05, 4.69) is 0 Å². The van der Waals surface area contributed by atoms with Crippen molar-refractivity contribution in [3.05, 3.63) is 65.7 Å². The van der Waals surface area contributed by atoms with Gasteiger partial charge in [0.2, 0.25) is 10.0 Å². The molecule has 0 amide bonds. The van der Waals surface area contributed by atoms with Gasteiger partial charge >= 0.3 is 0 Å². The van der Waals surface area contributed by atoms with Crippen LogP contribution in [0.15, 0.2) is 54.6 Å². The molecule has 1 aliphatic rings. The molecule has 0 N–H and O–H groups in total. The fourth-order valence-electron chi connectivity index (χ4n) is 3.36. The van der Waals surface area contributed by atoms with Gasteiger partial charge in [0.05, 0.1) is 12.4 Å². The third-order valence-electron chi connectivity index (χ3n) is 4.93. The lowest BCUT2D eigenvalue weighted by Gasteiger charge is -2.32. The maximum Gasteiger partial charge on any atom is 0.214 e. The van der Waals surface area contributed by atoms with Gasteiger partial charge in [-0.05, 0) is 43.4 Å². The summed E-state index contributed by atoms with van der Waals surface area (Å²) in [5.41, 5.74) is 2.17. The molecule has 0 saturated carbocycles. The van der Waals surface area contributed by atoms with Gasteiger partial charge in [-0.15, -0.1) is 0 Å². The lowest BCUT2D eigenvalue weighted by molar-refractivity contribution is 0.179. The highest BCUT2D eigenvalue weighted by Crippen LogP contribution is 2.23. The number of hydrogen-bond donors (Lipinski definition) is 0. The molecule has 3 rings (SSSR count). The van der Waals surface area contributed by atoms with Crippen molar-refractivity contribution in [3.8, 4) is 5.75 Å². The van der Waals surface area contributed by atoms with Gasteiger partial charge in [-0.1, -0.05) is 48.5 Å². The van der Waals surface area contributed by atoms with Crippen LogP contribution in [0, 0.1) is 12.8 Å². The van der Waals surface area contributed by atoms with Crippen LogP contribution in [-0.4, -0.2) is 38.2 Å². The summed E-state index contributed by atoms with van der Waals surface area (Å²) in [5, 5.41) is 0. The van der Waals surface area contributed by atoms with E-state index in [1.165, 1.54) is 0 Å². The number of aryl methyl sites for hydroxylation is 2. The Bertz CT molecular complexity index is 805. The maximum atomic E-state index is 12.7. The van der Waals surface area contributed by atoms with E-state index in [0.717, 1.165) is 29.7 Å². The van der Waals surface area contributed by atoms with Crippen LogP contribution >= 0.6 is 0 Å². The van der Waals surface area contributed by atoms with Crippen molar-refractivity contribution < 1.29 is 13.2 Å². The third kappa shape index (κ3) is 5.08. The Morgan fingerprint density at radius 3 is 2.58 bits per heavy atom. The number of nitrogens with zero attached hydrogens (tertiary/aromatic N) is 1. The molecule has 0 radical (unpaired) electrons.